The van der Waals surface area contributed by atoms with Crippen LogP contribution in [0.5, 0.6) is 5.75 Å². The van der Waals surface area contributed by atoms with Crippen molar-refractivity contribution in [1.82, 2.24) is 9.97 Å². The molecule has 0 unspecified atom stereocenters. The molecule has 0 spiro atoms. The molecule has 0 aliphatic carbocycles. The predicted molar refractivity (Wildman–Crippen MR) is 97.9 cm³/mol. The zero-order chi connectivity index (χ0) is 18.3. The molecule has 4 aromatic rings. The van der Waals surface area contributed by atoms with Gasteiger partial charge in [0, 0.05) is 5.39 Å². The van der Waals surface area contributed by atoms with E-state index in [1.165, 1.54) is 29.5 Å². The first-order chi connectivity index (χ1) is 12.5. The van der Waals surface area contributed by atoms with E-state index in [0.717, 1.165) is 5.39 Å². The second-order valence-corrected chi connectivity index (χ2v) is 6.54. The molecule has 7 nitrogen and oxygen atoms in total. The van der Waals surface area contributed by atoms with Crippen LogP contribution in [-0.2, 0) is 0 Å². The van der Waals surface area contributed by atoms with Gasteiger partial charge in [-0.3, -0.25) is 10.1 Å². The van der Waals surface area contributed by atoms with Gasteiger partial charge in [-0.15, -0.1) is 0 Å². The lowest BCUT2D eigenvalue weighted by Gasteiger charge is -2.04. The largest absolute Gasteiger partial charge is 0.506 e. The Hall–Kier alpha value is -3.52. The fourth-order valence-electron chi connectivity index (χ4n) is 2.53. The highest BCUT2D eigenvalue weighted by Gasteiger charge is 2.14. The average molecular weight is 365 g/mol. The van der Waals surface area contributed by atoms with E-state index >= 15 is 0 Å². The van der Waals surface area contributed by atoms with Crippen molar-refractivity contribution in [1.29, 1.82) is 0 Å². The Balaban J connectivity index is 1.64. The van der Waals surface area contributed by atoms with E-state index in [4.69, 9.17) is 5.11 Å². The molecule has 0 bridgehead atoms. The number of carbonyl (C=O) groups is 2. The minimum atomic E-state index is -1.02. The van der Waals surface area contributed by atoms with Gasteiger partial charge in [-0.2, -0.15) is 0 Å². The van der Waals surface area contributed by atoms with Crippen molar-refractivity contribution in [3.8, 4) is 5.75 Å². The number of anilines is 1. The molecular weight excluding hydrogens is 354 g/mol. The maximum absolute atomic E-state index is 12.4. The molecule has 2 aromatic heterocycles. The topological polar surface area (TPSA) is 112 Å². The van der Waals surface area contributed by atoms with Crippen LogP contribution in [0.1, 0.15) is 20.8 Å². The van der Waals surface area contributed by atoms with Gasteiger partial charge in [0.15, 0.2) is 5.13 Å². The third-order valence-corrected chi connectivity index (χ3v) is 4.72. The summed E-state index contributed by atoms with van der Waals surface area (Å²) in [7, 11) is 0. The molecule has 128 valence electrons. The van der Waals surface area contributed by atoms with Gasteiger partial charge >= 0.3 is 5.97 Å². The molecule has 0 aliphatic heterocycles. The summed E-state index contributed by atoms with van der Waals surface area (Å²) in [6, 6.07) is 12.8. The summed E-state index contributed by atoms with van der Waals surface area (Å²) in [5, 5.41) is 22.6. The van der Waals surface area contributed by atoms with E-state index in [1.807, 2.05) is 0 Å². The summed E-state index contributed by atoms with van der Waals surface area (Å²) < 4.78 is 0.657. The predicted octanol–water partition coefficient (Wildman–Crippen LogP) is 3.50. The van der Waals surface area contributed by atoms with Crippen LogP contribution < -0.4 is 5.32 Å². The number of aromatic nitrogens is 2. The lowest BCUT2D eigenvalue weighted by molar-refractivity contribution is 0.0697. The van der Waals surface area contributed by atoms with Crippen molar-refractivity contribution in [2.45, 2.75) is 0 Å². The van der Waals surface area contributed by atoms with Crippen LogP contribution >= 0.6 is 11.3 Å². The molecule has 0 saturated heterocycles. The molecule has 2 heterocycles. The molecule has 3 N–H and O–H groups in total. The lowest BCUT2D eigenvalue weighted by Crippen LogP contribution is -2.13. The minimum absolute atomic E-state index is 0.00154. The molecule has 0 aliphatic rings. The van der Waals surface area contributed by atoms with Gasteiger partial charge in [-0.25, -0.2) is 14.8 Å². The highest BCUT2D eigenvalue weighted by atomic mass is 32.1. The van der Waals surface area contributed by atoms with Crippen LogP contribution in [0.3, 0.4) is 0 Å². The maximum atomic E-state index is 12.4. The zero-order valence-electron chi connectivity index (χ0n) is 13.1. The fourth-order valence-corrected chi connectivity index (χ4v) is 3.43. The number of hydrogen-bond acceptors (Lipinski definition) is 6. The van der Waals surface area contributed by atoms with E-state index in [0.29, 0.717) is 20.9 Å². The van der Waals surface area contributed by atoms with Gasteiger partial charge < -0.3 is 10.2 Å². The Morgan fingerprint density at radius 2 is 1.88 bits per heavy atom. The summed E-state index contributed by atoms with van der Waals surface area (Å²) in [5.41, 5.74) is 1.24. The number of thiazole rings is 1. The standard InChI is InChI=1S/C18H11N3O4S/c22-13-3-1-2-9-4-7-12(19-15(9)13)16(23)21-18-20-11-6-5-10(17(24)25)8-14(11)26-18/h1-8,22H,(H,24,25)(H,20,21,23). The van der Waals surface area contributed by atoms with Crippen molar-refractivity contribution in [3.05, 3.63) is 59.8 Å². The SMILES string of the molecule is O=C(O)c1ccc2nc(NC(=O)c3ccc4cccc(O)c4n3)sc2c1. The van der Waals surface area contributed by atoms with Gasteiger partial charge in [0.25, 0.3) is 5.91 Å². The number of hydrogen-bond donors (Lipinski definition) is 3. The van der Waals surface area contributed by atoms with Crippen LogP contribution in [0, 0.1) is 0 Å². The number of carboxylic acid groups (broad SMARTS) is 1. The number of para-hydroxylation sites is 1. The number of phenols is 1. The van der Waals surface area contributed by atoms with Gasteiger partial charge in [0.05, 0.1) is 15.8 Å². The monoisotopic (exact) mass is 365 g/mol. The molecular formula is C18H11N3O4S. The summed E-state index contributed by atoms with van der Waals surface area (Å²) >= 11 is 1.18. The maximum Gasteiger partial charge on any atom is 0.335 e. The zero-order valence-corrected chi connectivity index (χ0v) is 13.9. The normalized spacial score (nSPS) is 10.9. The third kappa shape index (κ3) is 2.82. The van der Waals surface area contributed by atoms with Crippen LogP contribution in [0.15, 0.2) is 48.5 Å². The summed E-state index contributed by atoms with van der Waals surface area (Å²) in [5.74, 6) is -1.49. The summed E-state index contributed by atoms with van der Waals surface area (Å²) in [6.45, 7) is 0. The number of pyridine rings is 1. The molecule has 0 radical (unpaired) electrons. The minimum Gasteiger partial charge on any atom is -0.506 e. The van der Waals surface area contributed by atoms with Gasteiger partial charge in [0.1, 0.15) is 17.0 Å². The van der Waals surface area contributed by atoms with E-state index in [9.17, 15) is 14.7 Å². The number of rotatable bonds is 3. The summed E-state index contributed by atoms with van der Waals surface area (Å²) in [4.78, 5) is 31.9. The van der Waals surface area contributed by atoms with Crippen molar-refractivity contribution < 1.29 is 19.8 Å². The number of benzene rings is 2. The average Bonchev–Trinajstić information content (AvgIpc) is 3.03. The Morgan fingerprint density at radius 3 is 2.69 bits per heavy atom. The van der Waals surface area contributed by atoms with Crippen LogP contribution in [-0.4, -0.2) is 32.1 Å². The van der Waals surface area contributed by atoms with Gasteiger partial charge in [-0.1, -0.05) is 29.5 Å². The Kier molecular flexibility index (Phi) is 3.74. The molecule has 2 aromatic carbocycles. The van der Waals surface area contributed by atoms with E-state index < -0.39 is 11.9 Å². The number of carbonyl (C=O) groups excluding carboxylic acids is 1. The second-order valence-electron chi connectivity index (χ2n) is 5.51. The van der Waals surface area contributed by atoms with E-state index in [-0.39, 0.29) is 17.0 Å². The number of phenolic OH excluding ortho intramolecular Hbond substituents is 1. The van der Waals surface area contributed by atoms with E-state index in [1.54, 1.807) is 30.3 Å². The van der Waals surface area contributed by atoms with Gasteiger partial charge in [-0.05, 0) is 30.3 Å². The molecule has 0 atom stereocenters. The first-order valence-corrected chi connectivity index (χ1v) is 8.37. The van der Waals surface area contributed by atoms with Crippen LogP contribution in [0.25, 0.3) is 21.1 Å². The second kappa shape index (κ2) is 6.08. The molecule has 0 saturated carbocycles. The summed E-state index contributed by atoms with van der Waals surface area (Å²) in [6.07, 6.45) is 0. The number of aromatic hydroxyl groups is 1. The number of aromatic carboxylic acids is 1. The van der Waals surface area contributed by atoms with E-state index in [2.05, 4.69) is 15.3 Å². The van der Waals surface area contributed by atoms with Crippen molar-refractivity contribution in [2.24, 2.45) is 0 Å². The molecule has 4 rings (SSSR count). The van der Waals surface area contributed by atoms with Crippen molar-refractivity contribution >= 4 is 49.5 Å². The first kappa shape index (κ1) is 16.0. The molecule has 8 heteroatoms. The number of nitrogens with one attached hydrogen (secondary N) is 1. The van der Waals surface area contributed by atoms with Crippen molar-refractivity contribution in [2.75, 3.05) is 5.32 Å². The Labute approximate surface area is 150 Å². The molecule has 1 amide bonds. The Morgan fingerprint density at radius 1 is 1.04 bits per heavy atom. The smallest absolute Gasteiger partial charge is 0.335 e. The van der Waals surface area contributed by atoms with Crippen molar-refractivity contribution in [3.63, 3.8) is 0 Å². The molecule has 0 fully saturated rings. The number of carboxylic acids is 1. The third-order valence-electron chi connectivity index (χ3n) is 3.79. The lowest BCUT2D eigenvalue weighted by atomic mass is 10.2. The highest BCUT2D eigenvalue weighted by molar-refractivity contribution is 7.22. The number of fused-ring (bicyclic) bond motifs is 2. The Bertz CT molecular complexity index is 1190. The van der Waals surface area contributed by atoms with Gasteiger partial charge in [0.2, 0.25) is 0 Å². The number of amides is 1. The fraction of sp³-hybridized carbons (Fsp3) is 0. The first-order valence-electron chi connectivity index (χ1n) is 7.55. The van der Waals surface area contributed by atoms with Crippen LogP contribution in [0.2, 0.25) is 0 Å². The molecule has 26 heavy (non-hydrogen) atoms. The number of nitrogens with zero attached hydrogens (tertiary/aromatic N) is 2. The highest BCUT2D eigenvalue weighted by Crippen LogP contribution is 2.28. The quantitative estimate of drug-likeness (QED) is 0.512. The van der Waals surface area contributed by atoms with Crippen LogP contribution in [0.4, 0.5) is 5.13 Å².